The van der Waals surface area contributed by atoms with E-state index in [4.69, 9.17) is 11.6 Å². The monoisotopic (exact) mass is 264 g/mol. The fourth-order valence-corrected chi connectivity index (χ4v) is 2.30. The molecule has 0 radical (unpaired) electrons. The molecule has 2 aromatic rings. The van der Waals surface area contributed by atoms with Crippen molar-refractivity contribution in [1.29, 1.82) is 0 Å². The lowest BCUT2D eigenvalue weighted by Crippen LogP contribution is -2.34. The van der Waals surface area contributed by atoms with Crippen LogP contribution in [0.25, 0.3) is 0 Å². The van der Waals surface area contributed by atoms with Crippen LogP contribution < -0.4 is 4.90 Å². The molecule has 0 spiro atoms. The molecule has 0 saturated carbocycles. The number of hydrogen-bond acceptors (Lipinski definition) is 5. The first-order valence-corrected chi connectivity index (χ1v) is 6.15. The summed E-state index contributed by atoms with van der Waals surface area (Å²) in [5, 5.41) is 8.44. The van der Waals surface area contributed by atoms with Gasteiger partial charge in [-0.05, 0) is 13.8 Å². The van der Waals surface area contributed by atoms with Crippen molar-refractivity contribution < 1.29 is 0 Å². The number of aryl methyl sites for hydroxylation is 2. The number of hydrogen-bond donors (Lipinski definition) is 0. The van der Waals surface area contributed by atoms with Crippen LogP contribution in [0, 0.1) is 13.8 Å². The van der Waals surface area contributed by atoms with Crippen LogP contribution in [0.3, 0.4) is 0 Å². The highest BCUT2D eigenvalue weighted by Crippen LogP contribution is 2.25. The van der Waals surface area contributed by atoms with Crippen LogP contribution in [0.5, 0.6) is 0 Å². The predicted molar refractivity (Wildman–Crippen MR) is 67.6 cm³/mol. The highest BCUT2D eigenvalue weighted by Gasteiger charge is 2.21. The van der Waals surface area contributed by atoms with Crippen LogP contribution >= 0.6 is 11.6 Å². The van der Waals surface area contributed by atoms with Gasteiger partial charge in [0.05, 0.1) is 17.9 Å². The maximum absolute atomic E-state index is 6.18. The Labute approximate surface area is 110 Å². The molecule has 6 nitrogen and oxygen atoms in total. The van der Waals surface area contributed by atoms with E-state index in [2.05, 4.69) is 25.1 Å². The molecule has 94 valence electrons. The summed E-state index contributed by atoms with van der Waals surface area (Å²) in [6, 6.07) is 0. The van der Waals surface area contributed by atoms with E-state index < -0.39 is 0 Å². The van der Waals surface area contributed by atoms with E-state index in [1.165, 1.54) is 0 Å². The Morgan fingerprint density at radius 2 is 1.94 bits per heavy atom. The Bertz CT molecular complexity index is 593. The highest BCUT2D eigenvalue weighted by atomic mass is 35.5. The first-order chi connectivity index (χ1) is 8.65. The summed E-state index contributed by atoms with van der Waals surface area (Å²) < 4.78 is 2.04. The van der Waals surface area contributed by atoms with Crippen LogP contribution in [0.15, 0.2) is 6.33 Å². The minimum absolute atomic E-state index is 0.450. The van der Waals surface area contributed by atoms with Gasteiger partial charge < -0.3 is 9.47 Å². The van der Waals surface area contributed by atoms with Crippen LogP contribution in [0.1, 0.15) is 17.2 Å². The maximum Gasteiger partial charge on any atom is 0.171 e. The van der Waals surface area contributed by atoms with Gasteiger partial charge in [0.15, 0.2) is 16.8 Å². The molecule has 0 N–H and O–H groups in total. The number of rotatable bonds is 1. The Morgan fingerprint density at radius 3 is 2.78 bits per heavy atom. The Morgan fingerprint density at radius 1 is 1.17 bits per heavy atom. The summed E-state index contributed by atoms with van der Waals surface area (Å²) in [5.41, 5.74) is 1.77. The molecule has 1 aliphatic heterocycles. The third-order valence-electron chi connectivity index (χ3n) is 3.19. The molecule has 2 aromatic heterocycles. The Kier molecular flexibility index (Phi) is 2.66. The molecule has 1 aliphatic rings. The molecule has 0 bridgehead atoms. The Balaban J connectivity index is 1.95. The number of anilines is 1. The van der Waals surface area contributed by atoms with Crippen LogP contribution in [0.4, 0.5) is 5.82 Å². The summed E-state index contributed by atoms with van der Waals surface area (Å²) in [5.74, 6) is 1.66. The first kappa shape index (κ1) is 11.4. The van der Waals surface area contributed by atoms with Crippen molar-refractivity contribution in [3.8, 4) is 0 Å². The summed E-state index contributed by atoms with van der Waals surface area (Å²) in [7, 11) is 0. The minimum atomic E-state index is 0.450. The molecule has 0 aliphatic carbocycles. The largest absolute Gasteiger partial charge is 0.345 e. The number of fused-ring (bicyclic) bond motifs is 1. The van der Waals surface area contributed by atoms with E-state index in [1.807, 2.05) is 18.4 Å². The fraction of sp³-hybridized carbons (Fsp3) is 0.455. The SMILES string of the molecule is Cc1nc(Cl)c(N2CCn3cnnc3C2)nc1C. The highest BCUT2D eigenvalue weighted by molar-refractivity contribution is 6.31. The molecule has 0 unspecified atom stereocenters. The third kappa shape index (κ3) is 1.82. The van der Waals surface area contributed by atoms with Gasteiger partial charge in [0, 0.05) is 13.1 Å². The Hall–Kier alpha value is -1.69. The van der Waals surface area contributed by atoms with Crippen LogP contribution in [0.2, 0.25) is 5.15 Å². The van der Waals surface area contributed by atoms with E-state index in [0.29, 0.717) is 11.7 Å². The molecule has 0 amide bonds. The molecule has 0 atom stereocenters. The number of nitrogens with zero attached hydrogens (tertiary/aromatic N) is 6. The number of halogens is 1. The smallest absolute Gasteiger partial charge is 0.171 e. The lowest BCUT2D eigenvalue weighted by molar-refractivity contribution is 0.555. The van der Waals surface area contributed by atoms with Gasteiger partial charge >= 0.3 is 0 Å². The zero-order valence-electron chi connectivity index (χ0n) is 10.3. The second-order valence-electron chi connectivity index (χ2n) is 4.37. The molecule has 3 heterocycles. The second kappa shape index (κ2) is 4.20. The van der Waals surface area contributed by atoms with E-state index in [0.717, 1.165) is 36.1 Å². The molecule has 7 heteroatoms. The van der Waals surface area contributed by atoms with E-state index in [-0.39, 0.29) is 0 Å². The molecule has 0 aromatic carbocycles. The van der Waals surface area contributed by atoms with Crippen molar-refractivity contribution in [1.82, 2.24) is 24.7 Å². The van der Waals surface area contributed by atoms with Gasteiger partial charge in [0.2, 0.25) is 0 Å². The summed E-state index contributed by atoms with van der Waals surface area (Å²) in [6.07, 6.45) is 1.75. The van der Waals surface area contributed by atoms with Crippen LogP contribution in [-0.4, -0.2) is 31.3 Å². The zero-order valence-corrected chi connectivity index (χ0v) is 11.0. The summed E-state index contributed by atoms with van der Waals surface area (Å²) >= 11 is 6.18. The third-order valence-corrected chi connectivity index (χ3v) is 3.44. The fourth-order valence-electron chi connectivity index (χ4n) is 2.01. The van der Waals surface area contributed by atoms with Gasteiger partial charge in [0.1, 0.15) is 6.33 Å². The van der Waals surface area contributed by atoms with Crippen molar-refractivity contribution in [2.75, 3.05) is 11.4 Å². The predicted octanol–water partition coefficient (Wildman–Crippen LogP) is 1.36. The molecular weight excluding hydrogens is 252 g/mol. The van der Waals surface area contributed by atoms with Gasteiger partial charge in [-0.15, -0.1) is 10.2 Å². The van der Waals surface area contributed by atoms with E-state index >= 15 is 0 Å². The van der Waals surface area contributed by atoms with Gasteiger partial charge in [-0.3, -0.25) is 0 Å². The van der Waals surface area contributed by atoms with E-state index in [9.17, 15) is 0 Å². The standard InChI is InChI=1S/C11H13ClN6/c1-7-8(2)15-11(10(12)14-7)17-3-4-18-6-13-16-9(18)5-17/h6H,3-5H2,1-2H3. The van der Waals surface area contributed by atoms with Crippen molar-refractivity contribution in [2.45, 2.75) is 26.9 Å². The summed E-state index contributed by atoms with van der Waals surface area (Å²) in [4.78, 5) is 10.9. The minimum Gasteiger partial charge on any atom is -0.345 e. The maximum atomic E-state index is 6.18. The van der Waals surface area contributed by atoms with Gasteiger partial charge in [-0.1, -0.05) is 11.6 Å². The molecule has 18 heavy (non-hydrogen) atoms. The molecule has 0 saturated heterocycles. The van der Waals surface area contributed by atoms with Gasteiger partial charge in [0.25, 0.3) is 0 Å². The van der Waals surface area contributed by atoms with Crippen molar-refractivity contribution in [3.05, 3.63) is 28.7 Å². The zero-order chi connectivity index (χ0) is 12.7. The van der Waals surface area contributed by atoms with Gasteiger partial charge in [-0.25, -0.2) is 9.97 Å². The van der Waals surface area contributed by atoms with E-state index in [1.54, 1.807) is 6.33 Å². The average molecular weight is 265 g/mol. The first-order valence-electron chi connectivity index (χ1n) is 5.77. The second-order valence-corrected chi connectivity index (χ2v) is 4.73. The lowest BCUT2D eigenvalue weighted by Gasteiger charge is -2.28. The van der Waals surface area contributed by atoms with Gasteiger partial charge in [-0.2, -0.15) is 0 Å². The molecule has 3 rings (SSSR count). The summed E-state index contributed by atoms with van der Waals surface area (Å²) in [6.45, 7) is 6.19. The molecule has 0 fully saturated rings. The lowest BCUT2D eigenvalue weighted by atomic mass is 10.3. The van der Waals surface area contributed by atoms with Crippen molar-refractivity contribution in [3.63, 3.8) is 0 Å². The number of aromatic nitrogens is 5. The van der Waals surface area contributed by atoms with Crippen molar-refractivity contribution >= 4 is 17.4 Å². The average Bonchev–Trinajstić information content (AvgIpc) is 2.80. The topological polar surface area (TPSA) is 59.7 Å². The molecular formula is C11H13ClN6. The normalized spacial score (nSPS) is 14.7. The van der Waals surface area contributed by atoms with Crippen molar-refractivity contribution in [2.24, 2.45) is 0 Å². The van der Waals surface area contributed by atoms with Crippen LogP contribution in [-0.2, 0) is 13.1 Å². The quantitative estimate of drug-likeness (QED) is 0.778.